The molecule has 1 aliphatic rings. The lowest BCUT2D eigenvalue weighted by molar-refractivity contribution is -0.298. The fraction of sp³-hybridized carbons (Fsp3) is 0.756. The van der Waals surface area contributed by atoms with E-state index in [4.69, 9.17) is 18.9 Å². The van der Waals surface area contributed by atoms with Gasteiger partial charge < -0.3 is 39.4 Å². The van der Waals surface area contributed by atoms with Crippen LogP contribution in [0.1, 0.15) is 168 Å². The van der Waals surface area contributed by atoms with Gasteiger partial charge in [-0.2, -0.15) is 0 Å². The topological polar surface area (TPSA) is 169 Å². The second-order valence-electron chi connectivity index (χ2n) is 14.8. The molecule has 0 aromatic rings. The number of aliphatic hydroxyl groups excluding tert-OH is 3. The minimum absolute atomic E-state index is 0.163. The van der Waals surface area contributed by atoms with Crippen LogP contribution < -0.4 is 0 Å². The molecule has 0 amide bonds. The molecule has 6 atom stereocenters. The van der Waals surface area contributed by atoms with Crippen molar-refractivity contribution >= 4 is 17.9 Å². The molecule has 1 fully saturated rings. The summed E-state index contributed by atoms with van der Waals surface area (Å²) in [5.74, 6) is -2.48. The number of hydrogen-bond donors (Lipinski definition) is 4. The van der Waals surface area contributed by atoms with Crippen molar-refractivity contribution in [3.8, 4) is 0 Å². The maximum absolute atomic E-state index is 12.7. The SMILES string of the molecule is CCC/C=C\C/C=C\CCCCCCCC(=O)OC(COC(=O)CCCCCCCCC/C=C\C/C=C\CCCCC)COC1OC(C(=O)O)C(O)C(O)C1O. The molecule has 11 nitrogen and oxygen atoms in total. The molecule has 11 heteroatoms. The van der Waals surface area contributed by atoms with Gasteiger partial charge in [-0.05, 0) is 70.6 Å². The molecule has 1 rings (SSSR count). The molecule has 1 heterocycles. The quantitative estimate of drug-likeness (QED) is 0.0275. The molecular weight excluding hydrogens is 716 g/mol. The lowest BCUT2D eigenvalue weighted by atomic mass is 9.99. The Kier molecular flexibility index (Phi) is 32.3. The Morgan fingerprint density at radius 3 is 1.55 bits per heavy atom. The van der Waals surface area contributed by atoms with Gasteiger partial charge in [0.2, 0.25) is 0 Å². The molecule has 6 unspecified atom stereocenters. The number of aliphatic carboxylic acids is 1. The van der Waals surface area contributed by atoms with E-state index < -0.39 is 61.3 Å². The van der Waals surface area contributed by atoms with Gasteiger partial charge in [0.1, 0.15) is 24.9 Å². The Balaban J connectivity index is 2.39. The fourth-order valence-corrected chi connectivity index (χ4v) is 6.18. The maximum atomic E-state index is 12.7. The van der Waals surface area contributed by atoms with E-state index in [1.807, 2.05) is 0 Å². The normalized spacial score (nSPS) is 20.8. The van der Waals surface area contributed by atoms with Gasteiger partial charge in [-0.25, -0.2) is 4.79 Å². The van der Waals surface area contributed by atoms with Crippen molar-refractivity contribution in [2.45, 2.75) is 205 Å². The van der Waals surface area contributed by atoms with Crippen LogP contribution in [0.2, 0.25) is 0 Å². The molecule has 1 saturated heterocycles. The molecular formula is C45H76O11. The monoisotopic (exact) mass is 793 g/mol. The smallest absolute Gasteiger partial charge is 0.335 e. The predicted molar refractivity (Wildman–Crippen MR) is 220 cm³/mol. The number of carboxylic acids is 1. The molecule has 4 N–H and O–H groups in total. The average Bonchev–Trinajstić information content (AvgIpc) is 3.18. The van der Waals surface area contributed by atoms with Crippen molar-refractivity contribution in [1.82, 2.24) is 0 Å². The van der Waals surface area contributed by atoms with Crippen molar-refractivity contribution in [2.75, 3.05) is 13.2 Å². The van der Waals surface area contributed by atoms with Gasteiger partial charge in [0.05, 0.1) is 6.61 Å². The highest BCUT2D eigenvalue weighted by atomic mass is 16.7. The number of carboxylic acid groups (broad SMARTS) is 1. The van der Waals surface area contributed by atoms with E-state index in [1.54, 1.807) is 0 Å². The molecule has 56 heavy (non-hydrogen) atoms. The van der Waals surface area contributed by atoms with Gasteiger partial charge >= 0.3 is 17.9 Å². The predicted octanol–water partition coefficient (Wildman–Crippen LogP) is 8.98. The van der Waals surface area contributed by atoms with Crippen LogP contribution in [0.25, 0.3) is 0 Å². The number of rotatable bonds is 35. The largest absolute Gasteiger partial charge is 0.479 e. The zero-order valence-corrected chi connectivity index (χ0v) is 34.6. The highest BCUT2D eigenvalue weighted by Crippen LogP contribution is 2.23. The van der Waals surface area contributed by atoms with E-state index in [1.165, 1.54) is 44.9 Å². The standard InChI is InChI=1S/C45H76O11/c1-3-5-7-9-11-13-15-17-18-19-20-22-23-25-27-29-31-33-38(46)53-35-37(36-54-45-42(50)40(48)41(49)43(56-45)44(51)52)55-39(47)34-32-30-28-26-24-21-16-14-12-10-8-6-4-2/h8,10-11,13-14,16-18,37,40-43,45,48-50H,3-7,9,12,15,19-36H2,1-2H3,(H,51,52)/b10-8-,13-11-,16-14-,18-17-. The van der Waals surface area contributed by atoms with Crippen LogP contribution >= 0.6 is 0 Å². The number of unbranched alkanes of at least 4 members (excludes halogenated alkanes) is 16. The highest BCUT2D eigenvalue weighted by molar-refractivity contribution is 5.73. The van der Waals surface area contributed by atoms with Crippen molar-refractivity contribution in [2.24, 2.45) is 0 Å². The Bertz CT molecular complexity index is 1120. The summed E-state index contributed by atoms with van der Waals surface area (Å²) < 4.78 is 21.7. The first kappa shape index (κ1) is 51.2. The van der Waals surface area contributed by atoms with Crippen LogP contribution in [0.3, 0.4) is 0 Å². The minimum atomic E-state index is -1.86. The summed E-state index contributed by atoms with van der Waals surface area (Å²) in [5.41, 5.74) is 0. The molecule has 0 aromatic heterocycles. The molecule has 0 bridgehead atoms. The van der Waals surface area contributed by atoms with E-state index >= 15 is 0 Å². The van der Waals surface area contributed by atoms with E-state index in [2.05, 4.69) is 62.5 Å². The van der Waals surface area contributed by atoms with Gasteiger partial charge in [-0.3, -0.25) is 9.59 Å². The Labute approximate surface area is 337 Å². The van der Waals surface area contributed by atoms with Crippen LogP contribution in [-0.2, 0) is 33.3 Å². The van der Waals surface area contributed by atoms with Crippen molar-refractivity contribution in [3.63, 3.8) is 0 Å². The van der Waals surface area contributed by atoms with Gasteiger partial charge in [0, 0.05) is 12.8 Å². The van der Waals surface area contributed by atoms with E-state index in [0.29, 0.717) is 12.8 Å². The maximum Gasteiger partial charge on any atom is 0.335 e. The third-order valence-electron chi connectivity index (χ3n) is 9.63. The molecule has 0 radical (unpaired) electrons. The number of hydrogen-bond acceptors (Lipinski definition) is 10. The molecule has 0 spiro atoms. The number of carbonyl (C=O) groups excluding carboxylic acids is 2. The number of ether oxygens (including phenoxy) is 4. The second kappa shape index (κ2) is 35.3. The Morgan fingerprint density at radius 1 is 0.554 bits per heavy atom. The van der Waals surface area contributed by atoms with Crippen molar-refractivity contribution in [1.29, 1.82) is 0 Å². The average molecular weight is 793 g/mol. The third kappa shape index (κ3) is 26.9. The number of aliphatic hydroxyl groups is 3. The van der Waals surface area contributed by atoms with Crippen molar-refractivity contribution < 1.29 is 53.8 Å². The summed E-state index contributed by atoms with van der Waals surface area (Å²) in [4.78, 5) is 36.8. The number of esters is 2. The summed E-state index contributed by atoms with van der Waals surface area (Å²) in [6.07, 6.45) is 31.6. The first-order valence-corrected chi connectivity index (χ1v) is 21.7. The highest BCUT2D eigenvalue weighted by Gasteiger charge is 2.47. The summed E-state index contributed by atoms with van der Waals surface area (Å²) in [5, 5.41) is 39.8. The molecule has 0 aliphatic carbocycles. The first-order valence-electron chi connectivity index (χ1n) is 21.7. The lowest BCUT2D eigenvalue weighted by Gasteiger charge is -2.38. The zero-order valence-electron chi connectivity index (χ0n) is 34.6. The molecule has 1 aliphatic heterocycles. The molecule has 0 saturated carbocycles. The van der Waals surface area contributed by atoms with E-state index in [0.717, 1.165) is 83.5 Å². The summed E-state index contributed by atoms with van der Waals surface area (Å²) in [6.45, 7) is 3.69. The first-order chi connectivity index (χ1) is 27.2. The zero-order chi connectivity index (χ0) is 41.1. The number of carbonyl (C=O) groups is 3. The van der Waals surface area contributed by atoms with Crippen LogP contribution in [0, 0.1) is 0 Å². The molecule has 322 valence electrons. The summed E-state index contributed by atoms with van der Waals surface area (Å²) in [6, 6.07) is 0. The van der Waals surface area contributed by atoms with E-state index in [-0.39, 0.29) is 19.4 Å². The third-order valence-corrected chi connectivity index (χ3v) is 9.63. The second-order valence-corrected chi connectivity index (χ2v) is 14.8. The molecule has 0 aromatic carbocycles. The van der Waals surface area contributed by atoms with Gasteiger partial charge in [0.15, 0.2) is 18.5 Å². The van der Waals surface area contributed by atoms with Crippen LogP contribution in [-0.4, -0.2) is 88.4 Å². The Morgan fingerprint density at radius 2 is 1.04 bits per heavy atom. The van der Waals surface area contributed by atoms with Crippen LogP contribution in [0.5, 0.6) is 0 Å². The van der Waals surface area contributed by atoms with Crippen molar-refractivity contribution in [3.05, 3.63) is 48.6 Å². The van der Waals surface area contributed by atoms with Gasteiger partial charge in [0.25, 0.3) is 0 Å². The van der Waals surface area contributed by atoms with Gasteiger partial charge in [-0.15, -0.1) is 0 Å². The summed E-state index contributed by atoms with van der Waals surface area (Å²) in [7, 11) is 0. The van der Waals surface area contributed by atoms with Crippen LogP contribution in [0.15, 0.2) is 48.6 Å². The van der Waals surface area contributed by atoms with Crippen LogP contribution in [0.4, 0.5) is 0 Å². The minimum Gasteiger partial charge on any atom is -0.479 e. The lowest BCUT2D eigenvalue weighted by Crippen LogP contribution is -2.60. The Hall–Kier alpha value is -2.83. The van der Waals surface area contributed by atoms with E-state index in [9.17, 15) is 34.8 Å². The summed E-state index contributed by atoms with van der Waals surface area (Å²) >= 11 is 0. The number of allylic oxidation sites excluding steroid dienone is 8. The fourth-order valence-electron chi connectivity index (χ4n) is 6.18. The van der Waals surface area contributed by atoms with Gasteiger partial charge in [-0.1, -0.05) is 133 Å².